The summed E-state index contributed by atoms with van der Waals surface area (Å²) in [5, 5.41) is 0.748. The summed E-state index contributed by atoms with van der Waals surface area (Å²) in [5.41, 5.74) is 2.03. The molecule has 0 aliphatic carbocycles. The van der Waals surface area contributed by atoms with Crippen LogP contribution >= 0.6 is 11.3 Å². The lowest BCUT2D eigenvalue weighted by Gasteiger charge is -2.22. The van der Waals surface area contributed by atoms with Crippen LogP contribution in [0.3, 0.4) is 0 Å². The Hall–Kier alpha value is -2.44. The van der Waals surface area contributed by atoms with Crippen LogP contribution in [0.4, 0.5) is 5.13 Å². The minimum Gasteiger partial charge on any atom is -0.497 e. The fourth-order valence-electron chi connectivity index (χ4n) is 2.80. The summed E-state index contributed by atoms with van der Waals surface area (Å²) in [5.74, 6) is 0.876. The zero-order valence-electron chi connectivity index (χ0n) is 16.0. The van der Waals surface area contributed by atoms with E-state index >= 15 is 0 Å². The van der Waals surface area contributed by atoms with Crippen LogP contribution in [0.15, 0.2) is 48.5 Å². The van der Waals surface area contributed by atoms with Gasteiger partial charge < -0.3 is 9.64 Å². The van der Waals surface area contributed by atoms with Gasteiger partial charge in [0.15, 0.2) is 5.13 Å². The number of hydrogen-bond acceptors (Lipinski definition) is 5. The van der Waals surface area contributed by atoms with E-state index in [2.05, 4.69) is 17.0 Å². The molecule has 3 aromatic rings. The van der Waals surface area contributed by atoms with Crippen molar-refractivity contribution in [2.75, 3.05) is 39.2 Å². The summed E-state index contributed by atoms with van der Waals surface area (Å²) in [6.07, 6.45) is 1.20. The number of nitrogens with zero attached hydrogens (tertiary/aromatic N) is 3. The number of ether oxygens (including phenoxy) is 1. The van der Waals surface area contributed by atoms with Crippen molar-refractivity contribution in [2.45, 2.75) is 12.8 Å². The van der Waals surface area contributed by atoms with E-state index in [0.29, 0.717) is 13.0 Å². The molecule has 0 unspecified atom stereocenters. The van der Waals surface area contributed by atoms with Gasteiger partial charge in [-0.2, -0.15) is 0 Å². The molecule has 5 nitrogen and oxygen atoms in total. The maximum atomic E-state index is 13.0. The monoisotopic (exact) mass is 383 g/mol. The Balaban J connectivity index is 1.80. The Morgan fingerprint density at radius 1 is 1.11 bits per heavy atom. The third-order valence-corrected chi connectivity index (χ3v) is 5.42. The lowest BCUT2D eigenvalue weighted by Crippen LogP contribution is -2.36. The highest BCUT2D eigenvalue weighted by atomic mass is 32.1. The van der Waals surface area contributed by atoms with Crippen molar-refractivity contribution in [3.8, 4) is 5.75 Å². The van der Waals surface area contributed by atoms with E-state index < -0.39 is 0 Å². The molecule has 0 N–H and O–H groups in total. The molecule has 0 saturated heterocycles. The van der Waals surface area contributed by atoms with Crippen molar-refractivity contribution in [2.24, 2.45) is 0 Å². The Morgan fingerprint density at radius 2 is 1.89 bits per heavy atom. The van der Waals surface area contributed by atoms with Gasteiger partial charge in [-0.25, -0.2) is 4.98 Å². The van der Waals surface area contributed by atoms with E-state index in [-0.39, 0.29) is 5.91 Å². The van der Waals surface area contributed by atoms with Gasteiger partial charge in [0, 0.05) is 25.6 Å². The largest absolute Gasteiger partial charge is 0.497 e. The molecule has 0 saturated carbocycles. The molecule has 0 spiro atoms. The Morgan fingerprint density at radius 3 is 2.59 bits per heavy atom. The minimum absolute atomic E-state index is 0.103. The molecule has 0 atom stereocenters. The van der Waals surface area contributed by atoms with Gasteiger partial charge in [-0.1, -0.05) is 41.7 Å². The molecule has 0 bridgehead atoms. The van der Waals surface area contributed by atoms with Crippen LogP contribution in [-0.2, 0) is 11.2 Å². The van der Waals surface area contributed by atoms with Gasteiger partial charge in [-0.05, 0) is 38.2 Å². The van der Waals surface area contributed by atoms with Crippen molar-refractivity contribution >= 4 is 32.6 Å². The van der Waals surface area contributed by atoms with E-state index in [9.17, 15) is 4.79 Å². The second-order valence-corrected chi connectivity index (χ2v) is 7.67. The lowest BCUT2D eigenvalue weighted by molar-refractivity contribution is -0.118. The smallest absolute Gasteiger partial charge is 0.229 e. The van der Waals surface area contributed by atoms with Gasteiger partial charge in [0.05, 0.1) is 17.3 Å². The summed E-state index contributed by atoms with van der Waals surface area (Å²) in [6.45, 7) is 1.41. The third kappa shape index (κ3) is 5.05. The predicted octanol–water partition coefficient (Wildman–Crippen LogP) is 3.83. The van der Waals surface area contributed by atoms with E-state index in [0.717, 1.165) is 34.1 Å². The summed E-state index contributed by atoms with van der Waals surface area (Å²) >= 11 is 1.55. The number of aryl methyl sites for hydroxylation is 1. The lowest BCUT2D eigenvalue weighted by atomic mass is 10.1. The summed E-state index contributed by atoms with van der Waals surface area (Å²) in [7, 11) is 5.66. The fourth-order valence-corrected chi connectivity index (χ4v) is 3.78. The molecule has 0 fully saturated rings. The topological polar surface area (TPSA) is 45.7 Å². The molecular formula is C21H25N3O2S. The van der Waals surface area contributed by atoms with Gasteiger partial charge in [0.2, 0.25) is 5.91 Å². The fraction of sp³-hybridized carbons (Fsp3) is 0.333. The first-order valence-electron chi connectivity index (χ1n) is 9.00. The highest BCUT2D eigenvalue weighted by Gasteiger charge is 2.20. The SMILES string of the molecule is COc1ccc2sc(N(CCN(C)C)C(=O)CCc3ccccc3)nc2c1. The van der Waals surface area contributed by atoms with Gasteiger partial charge in [0.25, 0.3) is 0 Å². The van der Waals surface area contributed by atoms with Crippen LogP contribution in [0.5, 0.6) is 5.75 Å². The summed E-state index contributed by atoms with van der Waals surface area (Å²) in [6, 6.07) is 15.9. The van der Waals surface area contributed by atoms with Crippen LogP contribution in [0.2, 0.25) is 0 Å². The highest BCUT2D eigenvalue weighted by Crippen LogP contribution is 2.31. The summed E-state index contributed by atoms with van der Waals surface area (Å²) in [4.78, 5) is 21.6. The molecule has 3 rings (SSSR count). The molecular weight excluding hydrogens is 358 g/mol. The molecule has 1 aromatic heterocycles. The number of rotatable bonds is 8. The number of hydrogen-bond donors (Lipinski definition) is 0. The number of carbonyl (C=O) groups excluding carboxylic acids is 1. The van der Waals surface area contributed by atoms with Gasteiger partial charge in [-0.15, -0.1) is 0 Å². The standard InChI is InChI=1S/C21H25N3O2S/c1-23(2)13-14-24(20(25)12-9-16-7-5-4-6-8-16)21-22-18-15-17(26-3)10-11-19(18)27-21/h4-8,10-11,15H,9,12-14H2,1-3H3. The zero-order valence-corrected chi connectivity index (χ0v) is 16.8. The molecule has 0 aliphatic rings. The number of amides is 1. The number of fused-ring (bicyclic) bond motifs is 1. The van der Waals surface area contributed by atoms with E-state index in [4.69, 9.17) is 9.72 Å². The van der Waals surface area contributed by atoms with Crippen LogP contribution in [-0.4, -0.2) is 50.1 Å². The third-order valence-electron chi connectivity index (χ3n) is 4.36. The number of carbonyl (C=O) groups is 1. The average Bonchev–Trinajstić information content (AvgIpc) is 3.09. The van der Waals surface area contributed by atoms with E-state index in [1.54, 1.807) is 18.4 Å². The first-order valence-corrected chi connectivity index (χ1v) is 9.82. The van der Waals surface area contributed by atoms with Gasteiger partial charge in [0.1, 0.15) is 5.75 Å². The van der Waals surface area contributed by atoms with Crippen LogP contribution < -0.4 is 9.64 Å². The number of methoxy groups -OCH3 is 1. The number of aromatic nitrogens is 1. The average molecular weight is 384 g/mol. The van der Waals surface area contributed by atoms with Gasteiger partial charge >= 0.3 is 0 Å². The first-order chi connectivity index (χ1) is 13.1. The Kier molecular flexibility index (Phi) is 6.42. The molecule has 0 aliphatic heterocycles. The van der Waals surface area contributed by atoms with Crippen molar-refractivity contribution < 1.29 is 9.53 Å². The van der Waals surface area contributed by atoms with Gasteiger partial charge in [-0.3, -0.25) is 9.69 Å². The van der Waals surface area contributed by atoms with Crippen LogP contribution in [0.1, 0.15) is 12.0 Å². The molecule has 6 heteroatoms. The molecule has 1 heterocycles. The maximum absolute atomic E-state index is 13.0. The van der Waals surface area contributed by atoms with Crippen molar-refractivity contribution in [3.63, 3.8) is 0 Å². The number of anilines is 1. The van der Waals surface area contributed by atoms with E-state index in [1.807, 2.05) is 55.4 Å². The zero-order chi connectivity index (χ0) is 19.2. The maximum Gasteiger partial charge on any atom is 0.229 e. The number of benzene rings is 2. The molecule has 1 amide bonds. The molecule has 27 heavy (non-hydrogen) atoms. The quantitative estimate of drug-likeness (QED) is 0.593. The number of thiazole rings is 1. The number of likely N-dealkylation sites (N-methyl/N-ethyl adjacent to an activating group) is 1. The normalized spacial score (nSPS) is 11.1. The summed E-state index contributed by atoms with van der Waals surface area (Å²) < 4.78 is 6.34. The Labute approximate surface area is 164 Å². The minimum atomic E-state index is 0.103. The molecule has 2 aromatic carbocycles. The molecule has 0 radical (unpaired) electrons. The predicted molar refractivity (Wildman–Crippen MR) is 112 cm³/mol. The second-order valence-electron chi connectivity index (χ2n) is 6.66. The van der Waals surface area contributed by atoms with Crippen molar-refractivity contribution in [3.05, 3.63) is 54.1 Å². The Bertz CT molecular complexity index is 893. The second kappa shape index (κ2) is 8.97. The van der Waals surface area contributed by atoms with E-state index in [1.165, 1.54) is 5.56 Å². The van der Waals surface area contributed by atoms with Crippen molar-refractivity contribution in [1.82, 2.24) is 9.88 Å². The molecule has 142 valence electrons. The van der Waals surface area contributed by atoms with Crippen molar-refractivity contribution in [1.29, 1.82) is 0 Å². The van der Waals surface area contributed by atoms with Crippen LogP contribution in [0, 0.1) is 0 Å². The van der Waals surface area contributed by atoms with Crippen LogP contribution in [0.25, 0.3) is 10.2 Å². The first kappa shape index (κ1) is 19.3. The highest BCUT2D eigenvalue weighted by molar-refractivity contribution is 7.22.